The molecule has 11 heteroatoms. The fourth-order valence-corrected chi connectivity index (χ4v) is 3.81. The van der Waals surface area contributed by atoms with Gasteiger partial charge in [0.1, 0.15) is 30.1 Å². The van der Waals surface area contributed by atoms with Gasteiger partial charge in [0.25, 0.3) is 0 Å². The van der Waals surface area contributed by atoms with Gasteiger partial charge in [-0.25, -0.2) is 9.78 Å². The summed E-state index contributed by atoms with van der Waals surface area (Å²) in [6, 6.07) is 6.20. The minimum Gasteiger partial charge on any atom is -0.504 e. The van der Waals surface area contributed by atoms with Crippen molar-refractivity contribution >= 4 is 17.7 Å². The van der Waals surface area contributed by atoms with E-state index >= 15 is 0 Å². The summed E-state index contributed by atoms with van der Waals surface area (Å²) in [4.78, 5) is 16.7. The molecule has 0 bridgehead atoms. The number of aromatic hydroxyl groups is 1. The minimum absolute atomic E-state index is 0.0177. The lowest BCUT2D eigenvalue weighted by atomic mass is 9.99. The Morgan fingerprint density at radius 3 is 2.73 bits per heavy atom. The molecule has 0 aliphatic carbocycles. The first-order valence-electron chi connectivity index (χ1n) is 10.3. The average Bonchev–Trinajstić information content (AvgIpc) is 3.19. The van der Waals surface area contributed by atoms with Crippen LogP contribution < -0.4 is 9.64 Å². The van der Waals surface area contributed by atoms with Crippen LogP contribution in [0.3, 0.4) is 0 Å². The van der Waals surface area contributed by atoms with Crippen LogP contribution >= 0.6 is 0 Å². The summed E-state index contributed by atoms with van der Waals surface area (Å²) in [6.45, 7) is 0.0132. The number of aliphatic hydroxyl groups excluding tert-OH is 4. The van der Waals surface area contributed by atoms with E-state index in [0.29, 0.717) is 18.5 Å². The topological polar surface area (TPSA) is 173 Å². The Balaban J connectivity index is 1.51. The normalized spacial score (nSPS) is 27.0. The third kappa shape index (κ3) is 4.63. The fraction of sp³-hybridized carbons (Fsp3) is 0.364. The molecule has 11 nitrogen and oxygen atoms in total. The lowest BCUT2D eigenvalue weighted by Crippen LogP contribution is -2.60. The number of aliphatic hydroxyl groups is 4. The van der Waals surface area contributed by atoms with Gasteiger partial charge in [-0.3, -0.25) is 0 Å². The van der Waals surface area contributed by atoms with Gasteiger partial charge in [0.15, 0.2) is 11.5 Å². The lowest BCUT2D eigenvalue weighted by molar-refractivity contribution is -0.277. The maximum absolute atomic E-state index is 11.1. The van der Waals surface area contributed by atoms with Gasteiger partial charge >= 0.3 is 5.97 Å². The quantitative estimate of drug-likeness (QED) is 0.334. The molecule has 1 fully saturated rings. The third-order valence-corrected chi connectivity index (χ3v) is 5.63. The van der Waals surface area contributed by atoms with Crippen molar-refractivity contribution in [2.45, 2.75) is 37.1 Å². The number of carbonyl (C=O) groups is 1. The van der Waals surface area contributed by atoms with E-state index in [1.54, 1.807) is 24.4 Å². The molecule has 176 valence electrons. The summed E-state index contributed by atoms with van der Waals surface area (Å²) in [5.41, 5.74) is 2.16. The van der Waals surface area contributed by atoms with E-state index in [0.717, 1.165) is 11.3 Å². The van der Waals surface area contributed by atoms with Crippen LogP contribution in [0.5, 0.6) is 11.5 Å². The molecule has 2 aliphatic rings. The molecule has 3 heterocycles. The predicted molar refractivity (Wildman–Crippen MR) is 114 cm³/mol. The highest BCUT2D eigenvalue weighted by Gasteiger charge is 2.45. The van der Waals surface area contributed by atoms with E-state index in [1.807, 2.05) is 4.90 Å². The van der Waals surface area contributed by atoms with Crippen molar-refractivity contribution in [2.75, 3.05) is 18.1 Å². The van der Waals surface area contributed by atoms with E-state index in [9.17, 15) is 30.3 Å². The summed E-state index contributed by atoms with van der Waals surface area (Å²) in [7, 11) is 0. The average molecular weight is 460 g/mol. The number of anilines is 1. The van der Waals surface area contributed by atoms with Gasteiger partial charge in [0.05, 0.1) is 6.61 Å². The molecule has 0 amide bonds. The van der Waals surface area contributed by atoms with E-state index in [1.165, 1.54) is 18.3 Å². The largest absolute Gasteiger partial charge is 0.504 e. The highest BCUT2D eigenvalue weighted by atomic mass is 16.7. The van der Waals surface area contributed by atoms with Crippen molar-refractivity contribution in [1.29, 1.82) is 0 Å². The number of nitrogens with zero attached hydrogens (tertiary/aromatic N) is 2. The van der Waals surface area contributed by atoms with Gasteiger partial charge in [0.2, 0.25) is 6.29 Å². The number of carboxylic acid groups (broad SMARTS) is 1. The number of hydrogen-bond acceptors (Lipinski definition) is 10. The number of rotatable bonds is 6. The maximum atomic E-state index is 11.1. The number of benzene rings is 1. The molecule has 0 spiro atoms. The Bertz CT molecular complexity index is 1060. The zero-order chi connectivity index (χ0) is 23.7. The van der Waals surface area contributed by atoms with Crippen molar-refractivity contribution in [2.24, 2.45) is 0 Å². The number of carboxylic acids is 1. The monoisotopic (exact) mass is 460 g/mol. The summed E-state index contributed by atoms with van der Waals surface area (Å²) < 4.78 is 10.9. The molecule has 4 rings (SSSR count). The Morgan fingerprint density at radius 1 is 1.21 bits per heavy atom. The standard InChI is InChI=1S/C22H24N2O9/c25-10-17-18(27)19(28)20(29)22(33-17)32-16-8-12-3-6-24(14(12)9-15(16)26)5-2-11-1-4-23-13(7-11)21(30)31/h1-2,4-5,7-9,17-20,22,25-29H,3,6,10H2,(H,30,31)/b5-2+/t17-,18-,19+,20-,22-/m1/s1. The van der Waals surface area contributed by atoms with Crippen molar-refractivity contribution in [1.82, 2.24) is 4.98 Å². The van der Waals surface area contributed by atoms with Gasteiger partial charge < -0.3 is 45.0 Å². The molecular formula is C22H24N2O9. The summed E-state index contributed by atoms with van der Waals surface area (Å²) >= 11 is 0. The molecule has 0 radical (unpaired) electrons. The first-order chi connectivity index (χ1) is 15.8. The zero-order valence-electron chi connectivity index (χ0n) is 17.4. The number of ether oxygens (including phenoxy) is 2. The van der Waals surface area contributed by atoms with Gasteiger partial charge in [-0.1, -0.05) is 0 Å². The predicted octanol–water partition coefficient (Wildman–Crippen LogP) is -0.303. The second kappa shape index (κ2) is 9.33. The van der Waals surface area contributed by atoms with Crippen LogP contribution in [0.15, 0.2) is 36.7 Å². The number of hydrogen-bond donors (Lipinski definition) is 6. The third-order valence-electron chi connectivity index (χ3n) is 5.63. The van der Waals surface area contributed by atoms with Crippen LogP contribution in [-0.2, 0) is 11.2 Å². The SMILES string of the molecule is O=C(O)c1cc(/C=C/N2CCc3cc(O[C@@H]4O[C@H](CO)[C@@H](O)[C@H](O)[C@H]4O)c(O)cc32)ccn1. The molecule has 5 atom stereocenters. The first-order valence-corrected chi connectivity index (χ1v) is 10.3. The minimum atomic E-state index is -1.59. The van der Waals surface area contributed by atoms with Crippen molar-refractivity contribution in [3.63, 3.8) is 0 Å². The number of aromatic carboxylic acids is 1. The van der Waals surface area contributed by atoms with Gasteiger partial charge in [-0.15, -0.1) is 0 Å². The van der Waals surface area contributed by atoms with Gasteiger partial charge in [0, 0.05) is 30.7 Å². The Hall–Kier alpha value is -3.22. The highest BCUT2D eigenvalue weighted by molar-refractivity contribution is 5.86. The summed E-state index contributed by atoms with van der Waals surface area (Å²) in [5, 5.41) is 58.8. The molecular weight excluding hydrogens is 436 g/mol. The van der Waals surface area contributed by atoms with E-state index in [-0.39, 0.29) is 17.2 Å². The van der Waals surface area contributed by atoms with Crippen molar-refractivity contribution in [3.8, 4) is 11.5 Å². The molecule has 1 aromatic carbocycles. The zero-order valence-corrected chi connectivity index (χ0v) is 17.4. The van der Waals surface area contributed by atoms with Crippen LogP contribution in [0, 0.1) is 0 Å². The maximum Gasteiger partial charge on any atom is 0.354 e. The molecule has 1 saturated heterocycles. The van der Waals surface area contributed by atoms with Crippen LogP contribution in [0.25, 0.3) is 6.08 Å². The molecule has 33 heavy (non-hydrogen) atoms. The van der Waals surface area contributed by atoms with Crippen LogP contribution in [-0.4, -0.2) is 85.4 Å². The summed E-state index contributed by atoms with van der Waals surface area (Å²) in [6.07, 6.45) is -1.68. The van der Waals surface area contributed by atoms with Gasteiger partial charge in [-0.2, -0.15) is 0 Å². The second-order valence-corrected chi connectivity index (χ2v) is 7.80. The Morgan fingerprint density at radius 2 is 2.00 bits per heavy atom. The molecule has 2 aliphatic heterocycles. The molecule has 2 aromatic rings. The van der Waals surface area contributed by atoms with Crippen molar-refractivity contribution in [3.05, 3.63) is 53.5 Å². The van der Waals surface area contributed by atoms with E-state index in [4.69, 9.17) is 14.6 Å². The molecule has 6 N–H and O–H groups in total. The number of phenols is 1. The van der Waals surface area contributed by atoms with Gasteiger partial charge in [-0.05, 0) is 41.8 Å². The molecule has 0 saturated carbocycles. The lowest BCUT2D eigenvalue weighted by Gasteiger charge is -2.39. The Kier molecular flexibility index (Phi) is 6.49. The second-order valence-electron chi connectivity index (χ2n) is 7.80. The van der Waals surface area contributed by atoms with Crippen molar-refractivity contribution < 1.29 is 44.9 Å². The van der Waals surface area contributed by atoms with E-state index in [2.05, 4.69) is 4.98 Å². The molecule has 1 aromatic heterocycles. The van der Waals surface area contributed by atoms with E-state index < -0.39 is 43.3 Å². The molecule has 0 unspecified atom stereocenters. The number of aromatic nitrogens is 1. The number of phenolic OH excluding ortho intramolecular Hbond substituents is 1. The first kappa shape index (κ1) is 23.0. The van der Waals surface area contributed by atoms with Crippen LogP contribution in [0.4, 0.5) is 5.69 Å². The van der Waals surface area contributed by atoms with Crippen LogP contribution in [0.1, 0.15) is 21.6 Å². The highest BCUT2D eigenvalue weighted by Crippen LogP contribution is 2.39. The summed E-state index contributed by atoms with van der Waals surface area (Å²) in [5.74, 6) is -1.33. The number of fused-ring (bicyclic) bond motifs is 1. The fourth-order valence-electron chi connectivity index (χ4n) is 3.81. The smallest absolute Gasteiger partial charge is 0.354 e. The number of pyridine rings is 1. The Labute approximate surface area is 188 Å². The van der Waals surface area contributed by atoms with Crippen LogP contribution in [0.2, 0.25) is 0 Å².